The Balaban J connectivity index is 2.09. The Hall–Kier alpha value is -0.900. The number of hydrogen-bond acceptors (Lipinski definition) is 3. The van der Waals surface area contributed by atoms with Crippen molar-refractivity contribution in [2.24, 2.45) is 5.92 Å². The van der Waals surface area contributed by atoms with Gasteiger partial charge in [0.15, 0.2) is 0 Å². The van der Waals surface area contributed by atoms with Crippen molar-refractivity contribution in [3.8, 4) is 0 Å². The van der Waals surface area contributed by atoms with Crippen LogP contribution in [0.25, 0.3) is 0 Å². The third-order valence-electron chi connectivity index (χ3n) is 3.99. The van der Waals surface area contributed by atoms with Gasteiger partial charge in [-0.15, -0.1) is 5.10 Å². The molecule has 0 radical (unpaired) electrons. The van der Waals surface area contributed by atoms with Crippen molar-refractivity contribution >= 4 is 0 Å². The van der Waals surface area contributed by atoms with Gasteiger partial charge in [0.05, 0.1) is 11.9 Å². The van der Waals surface area contributed by atoms with Crippen LogP contribution >= 0.6 is 0 Å². The molecular formula is C13H24N4. The predicted molar refractivity (Wildman–Crippen MR) is 68.9 cm³/mol. The van der Waals surface area contributed by atoms with Crippen molar-refractivity contribution in [3.05, 3.63) is 11.9 Å². The summed E-state index contributed by atoms with van der Waals surface area (Å²) in [6.07, 6.45) is 5.62. The van der Waals surface area contributed by atoms with Gasteiger partial charge in [-0.1, -0.05) is 26.0 Å². The molecule has 1 aliphatic carbocycles. The minimum atomic E-state index is 0.626. The number of nitrogens with one attached hydrogen (secondary N) is 1. The summed E-state index contributed by atoms with van der Waals surface area (Å²) < 4.78 is 2.09. The standard InChI is InChI=1S/C13H24N4/c1-4-8-17-13(9-15-16-17)11-6-7-12(10(11)3)14-5-2/h9-12,14H,4-8H2,1-3H3. The van der Waals surface area contributed by atoms with E-state index in [2.05, 4.69) is 41.1 Å². The second-order valence-corrected chi connectivity index (χ2v) is 5.09. The molecule has 0 saturated heterocycles. The molecule has 17 heavy (non-hydrogen) atoms. The van der Waals surface area contributed by atoms with Crippen molar-refractivity contribution in [1.29, 1.82) is 0 Å². The fraction of sp³-hybridized carbons (Fsp3) is 0.846. The van der Waals surface area contributed by atoms with Gasteiger partial charge in [-0.3, -0.25) is 0 Å². The largest absolute Gasteiger partial charge is 0.314 e. The zero-order valence-electron chi connectivity index (χ0n) is 11.2. The summed E-state index contributed by atoms with van der Waals surface area (Å²) in [4.78, 5) is 0. The highest BCUT2D eigenvalue weighted by atomic mass is 15.4. The van der Waals surface area contributed by atoms with Crippen molar-refractivity contribution in [3.63, 3.8) is 0 Å². The molecule has 4 nitrogen and oxygen atoms in total. The number of aryl methyl sites for hydroxylation is 1. The fourth-order valence-corrected chi connectivity index (χ4v) is 3.07. The maximum absolute atomic E-state index is 4.20. The highest BCUT2D eigenvalue weighted by molar-refractivity contribution is 5.10. The van der Waals surface area contributed by atoms with Gasteiger partial charge in [0.1, 0.15) is 0 Å². The van der Waals surface area contributed by atoms with Gasteiger partial charge in [-0.25, -0.2) is 4.68 Å². The Morgan fingerprint density at radius 2 is 2.24 bits per heavy atom. The molecule has 0 amide bonds. The zero-order valence-corrected chi connectivity index (χ0v) is 11.2. The molecular weight excluding hydrogens is 212 g/mol. The number of nitrogens with zero attached hydrogens (tertiary/aromatic N) is 3. The van der Waals surface area contributed by atoms with Crippen molar-refractivity contribution in [2.45, 2.75) is 58.5 Å². The van der Waals surface area contributed by atoms with Gasteiger partial charge < -0.3 is 5.32 Å². The first-order valence-corrected chi connectivity index (χ1v) is 6.89. The summed E-state index contributed by atoms with van der Waals surface area (Å²) in [6.45, 7) is 8.78. The van der Waals surface area contributed by atoms with E-state index in [-0.39, 0.29) is 0 Å². The van der Waals surface area contributed by atoms with Gasteiger partial charge in [-0.2, -0.15) is 0 Å². The van der Waals surface area contributed by atoms with Crippen LogP contribution in [0, 0.1) is 5.92 Å². The van der Waals surface area contributed by atoms with Crippen LogP contribution in [0.15, 0.2) is 6.20 Å². The highest BCUT2D eigenvalue weighted by Crippen LogP contribution is 2.39. The maximum atomic E-state index is 4.20. The average molecular weight is 236 g/mol. The molecule has 3 atom stereocenters. The van der Waals surface area contributed by atoms with E-state index in [1.165, 1.54) is 18.5 Å². The van der Waals surface area contributed by atoms with Gasteiger partial charge in [0, 0.05) is 18.5 Å². The first-order valence-electron chi connectivity index (χ1n) is 6.89. The predicted octanol–water partition coefficient (Wildman–Crippen LogP) is 2.18. The van der Waals surface area contributed by atoms with Gasteiger partial charge in [0.2, 0.25) is 0 Å². The first-order chi connectivity index (χ1) is 8.27. The highest BCUT2D eigenvalue weighted by Gasteiger charge is 2.35. The third kappa shape index (κ3) is 2.51. The molecule has 3 unspecified atom stereocenters. The van der Waals surface area contributed by atoms with Crippen LogP contribution in [0.3, 0.4) is 0 Å². The summed E-state index contributed by atoms with van der Waals surface area (Å²) in [6, 6.07) is 0.662. The summed E-state index contributed by atoms with van der Waals surface area (Å²) in [5, 5.41) is 11.9. The Bertz CT molecular complexity index is 347. The molecule has 1 aromatic heterocycles. The molecule has 1 saturated carbocycles. The Morgan fingerprint density at radius 1 is 1.41 bits per heavy atom. The van der Waals surface area contributed by atoms with E-state index in [1.807, 2.05) is 6.20 Å². The van der Waals surface area contributed by atoms with Crippen LogP contribution in [0.1, 0.15) is 51.6 Å². The quantitative estimate of drug-likeness (QED) is 0.852. The molecule has 4 heteroatoms. The van der Waals surface area contributed by atoms with E-state index in [9.17, 15) is 0 Å². The van der Waals surface area contributed by atoms with Crippen LogP contribution < -0.4 is 5.32 Å². The summed E-state index contributed by atoms with van der Waals surface area (Å²) in [5.41, 5.74) is 1.33. The van der Waals surface area contributed by atoms with Crippen molar-refractivity contribution in [1.82, 2.24) is 20.3 Å². The first kappa shape index (κ1) is 12.6. The molecule has 96 valence electrons. The van der Waals surface area contributed by atoms with E-state index in [0.29, 0.717) is 17.9 Å². The van der Waals surface area contributed by atoms with E-state index in [4.69, 9.17) is 0 Å². The molecule has 1 aromatic rings. The second-order valence-electron chi connectivity index (χ2n) is 5.09. The van der Waals surface area contributed by atoms with Gasteiger partial charge in [0.25, 0.3) is 0 Å². The summed E-state index contributed by atoms with van der Waals surface area (Å²) >= 11 is 0. The number of hydrogen-bond donors (Lipinski definition) is 1. The lowest BCUT2D eigenvalue weighted by molar-refractivity contribution is 0.396. The third-order valence-corrected chi connectivity index (χ3v) is 3.99. The molecule has 2 rings (SSSR count). The van der Waals surface area contributed by atoms with E-state index in [0.717, 1.165) is 19.5 Å². The van der Waals surface area contributed by atoms with Crippen LogP contribution in [0.5, 0.6) is 0 Å². The lowest BCUT2D eigenvalue weighted by Gasteiger charge is -2.21. The SMILES string of the molecule is CCCn1nncc1C1CCC(NCC)C1C. The monoisotopic (exact) mass is 236 g/mol. The molecule has 0 aliphatic heterocycles. The molecule has 1 N–H and O–H groups in total. The lowest BCUT2D eigenvalue weighted by Crippen LogP contribution is -2.32. The zero-order chi connectivity index (χ0) is 12.3. The Kier molecular flexibility index (Phi) is 4.15. The number of rotatable bonds is 5. The molecule has 0 bridgehead atoms. The normalized spacial score (nSPS) is 28.8. The molecule has 1 aliphatic rings. The maximum Gasteiger partial charge on any atom is 0.0728 e. The van der Waals surface area contributed by atoms with Crippen LogP contribution in [0.2, 0.25) is 0 Å². The van der Waals surface area contributed by atoms with Crippen LogP contribution in [-0.4, -0.2) is 27.6 Å². The van der Waals surface area contributed by atoms with E-state index < -0.39 is 0 Å². The van der Waals surface area contributed by atoms with Crippen LogP contribution in [-0.2, 0) is 6.54 Å². The Labute approximate surface area is 104 Å². The minimum Gasteiger partial charge on any atom is -0.314 e. The van der Waals surface area contributed by atoms with Crippen molar-refractivity contribution in [2.75, 3.05) is 6.54 Å². The van der Waals surface area contributed by atoms with E-state index >= 15 is 0 Å². The average Bonchev–Trinajstić information content (AvgIpc) is 2.89. The number of aromatic nitrogens is 3. The van der Waals surface area contributed by atoms with Gasteiger partial charge >= 0.3 is 0 Å². The van der Waals surface area contributed by atoms with Gasteiger partial charge in [-0.05, 0) is 31.7 Å². The fourth-order valence-electron chi connectivity index (χ4n) is 3.07. The molecule has 0 aromatic carbocycles. The minimum absolute atomic E-state index is 0.626. The topological polar surface area (TPSA) is 42.7 Å². The lowest BCUT2D eigenvalue weighted by atomic mass is 9.93. The summed E-state index contributed by atoms with van der Waals surface area (Å²) in [5.74, 6) is 1.31. The second kappa shape index (κ2) is 5.63. The van der Waals surface area contributed by atoms with E-state index in [1.54, 1.807) is 0 Å². The molecule has 1 fully saturated rings. The van der Waals surface area contributed by atoms with Crippen LogP contribution in [0.4, 0.5) is 0 Å². The molecule has 1 heterocycles. The molecule has 0 spiro atoms. The smallest absolute Gasteiger partial charge is 0.0728 e. The summed E-state index contributed by atoms with van der Waals surface area (Å²) in [7, 11) is 0. The Morgan fingerprint density at radius 3 is 2.94 bits per heavy atom. The van der Waals surface area contributed by atoms with Crippen molar-refractivity contribution < 1.29 is 0 Å².